The van der Waals surface area contributed by atoms with E-state index in [0.717, 1.165) is 67.7 Å². The van der Waals surface area contributed by atoms with Crippen molar-refractivity contribution in [3.05, 3.63) is 235 Å². The molecular weight excluding hydrogens is 633 g/mol. The SMILES string of the molecule is c1ccc(N(c2ccccc2)c2ccc(C3(c4ccccc4)Oc4cc(N(c5ccccc5)c5ccccc5)ccc4-c4ccccc43)cc2)cc1. The molecule has 0 saturated carbocycles. The molecule has 0 aliphatic carbocycles. The second-order valence-electron chi connectivity index (χ2n) is 12.9. The summed E-state index contributed by atoms with van der Waals surface area (Å²) in [5.74, 6) is 0.830. The average molecular weight is 669 g/mol. The van der Waals surface area contributed by atoms with E-state index in [1.54, 1.807) is 0 Å². The van der Waals surface area contributed by atoms with Crippen molar-refractivity contribution in [1.29, 1.82) is 0 Å². The Morgan fingerprint density at radius 3 is 1.21 bits per heavy atom. The summed E-state index contributed by atoms with van der Waals surface area (Å²) in [6.07, 6.45) is 0. The number of fused-ring (bicyclic) bond motifs is 3. The lowest BCUT2D eigenvalue weighted by Crippen LogP contribution is -2.38. The molecule has 0 fully saturated rings. The molecule has 8 aromatic rings. The van der Waals surface area contributed by atoms with Crippen LogP contribution >= 0.6 is 0 Å². The van der Waals surface area contributed by atoms with Gasteiger partial charge in [0.25, 0.3) is 0 Å². The number of rotatable bonds is 8. The van der Waals surface area contributed by atoms with Gasteiger partial charge in [-0.2, -0.15) is 0 Å². The Balaban J connectivity index is 1.22. The Kier molecular flexibility index (Phi) is 8.07. The van der Waals surface area contributed by atoms with Crippen molar-refractivity contribution in [3.63, 3.8) is 0 Å². The van der Waals surface area contributed by atoms with Crippen LogP contribution in [0.1, 0.15) is 16.7 Å². The summed E-state index contributed by atoms with van der Waals surface area (Å²) >= 11 is 0. The quantitative estimate of drug-likeness (QED) is 0.160. The first-order chi connectivity index (χ1) is 25.8. The Hall–Kier alpha value is -6.84. The summed E-state index contributed by atoms with van der Waals surface area (Å²) in [4.78, 5) is 4.57. The summed E-state index contributed by atoms with van der Waals surface area (Å²) in [6, 6.07) is 76.8. The number of para-hydroxylation sites is 4. The minimum Gasteiger partial charge on any atom is -0.472 e. The molecule has 3 nitrogen and oxygen atoms in total. The van der Waals surface area contributed by atoms with E-state index >= 15 is 0 Å². The smallest absolute Gasteiger partial charge is 0.185 e. The summed E-state index contributed by atoms with van der Waals surface area (Å²) < 4.78 is 7.51. The van der Waals surface area contributed by atoms with Crippen LogP contribution in [-0.4, -0.2) is 0 Å². The van der Waals surface area contributed by atoms with Crippen LogP contribution in [0.2, 0.25) is 0 Å². The average Bonchev–Trinajstić information content (AvgIpc) is 3.23. The third-order valence-electron chi connectivity index (χ3n) is 9.85. The standard InChI is InChI=1S/C49H36N2O/c1-6-18-37(19-7-1)49(38-30-32-43(33-31-38)50(39-20-8-2-9-21-39)40-22-10-3-11-23-40)47-29-17-16-28-45(47)46-35-34-44(36-48(46)52-49)51(41-24-12-4-13-25-41)42-26-14-5-15-27-42/h1-36H. The van der Waals surface area contributed by atoms with Crippen molar-refractivity contribution in [2.45, 2.75) is 5.60 Å². The molecule has 3 heteroatoms. The second-order valence-corrected chi connectivity index (χ2v) is 12.9. The Morgan fingerprint density at radius 1 is 0.308 bits per heavy atom. The third kappa shape index (κ3) is 5.49. The molecule has 1 aliphatic heterocycles. The molecule has 0 N–H and O–H groups in total. The van der Waals surface area contributed by atoms with Gasteiger partial charge in [-0.1, -0.05) is 140 Å². The summed E-state index contributed by atoms with van der Waals surface area (Å²) in [7, 11) is 0. The molecule has 1 atom stereocenters. The van der Waals surface area contributed by atoms with Gasteiger partial charge in [-0.05, 0) is 78.4 Å². The molecule has 1 heterocycles. The first-order valence-corrected chi connectivity index (χ1v) is 17.7. The van der Waals surface area contributed by atoms with Gasteiger partial charge in [-0.15, -0.1) is 0 Å². The number of nitrogens with zero attached hydrogens (tertiary/aromatic N) is 2. The van der Waals surface area contributed by atoms with Gasteiger partial charge in [0.1, 0.15) is 5.75 Å². The van der Waals surface area contributed by atoms with Crippen molar-refractivity contribution in [3.8, 4) is 16.9 Å². The third-order valence-corrected chi connectivity index (χ3v) is 9.85. The fourth-order valence-electron chi connectivity index (χ4n) is 7.52. The lowest BCUT2D eigenvalue weighted by molar-refractivity contribution is 0.152. The summed E-state index contributed by atoms with van der Waals surface area (Å²) in [6.45, 7) is 0. The topological polar surface area (TPSA) is 15.7 Å². The van der Waals surface area contributed by atoms with Gasteiger partial charge in [0.2, 0.25) is 0 Å². The maximum absolute atomic E-state index is 7.51. The fourth-order valence-corrected chi connectivity index (χ4v) is 7.52. The maximum Gasteiger partial charge on any atom is 0.185 e. The van der Waals surface area contributed by atoms with Crippen molar-refractivity contribution < 1.29 is 4.74 Å². The lowest BCUT2D eigenvalue weighted by atomic mass is 9.75. The molecule has 9 rings (SSSR count). The van der Waals surface area contributed by atoms with Crippen LogP contribution in [0, 0.1) is 0 Å². The summed E-state index contributed by atoms with van der Waals surface area (Å²) in [5.41, 5.74) is 11.0. The van der Waals surface area contributed by atoms with Crippen LogP contribution in [0.5, 0.6) is 5.75 Å². The zero-order valence-electron chi connectivity index (χ0n) is 28.6. The molecule has 0 amide bonds. The highest BCUT2D eigenvalue weighted by Crippen LogP contribution is 2.53. The molecule has 52 heavy (non-hydrogen) atoms. The van der Waals surface area contributed by atoms with E-state index in [1.807, 2.05) is 0 Å². The highest BCUT2D eigenvalue weighted by molar-refractivity contribution is 5.85. The highest BCUT2D eigenvalue weighted by atomic mass is 16.5. The van der Waals surface area contributed by atoms with Crippen LogP contribution in [0.4, 0.5) is 34.1 Å². The van der Waals surface area contributed by atoms with E-state index in [9.17, 15) is 0 Å². The van der Waals surface area contributed by atoms with Gasteiger partial charge in [0.15, 0.2) is 5.60 Å². The molecule has 0 radical (unpaired) electrons. The van der Waals surface area contributed by atoms with Gasteiger partial charge in [0.05, 0.1) is 0 Å². The predicted octanol–water partition coefficient (Wildman–Crippen LogP) is 13.0. The second kappa shape index (κ2) is 13.5. The molecule has 0 saturated heterocycles. The Bertz CT molecular complexity index is 2340. The van der Waals surface area contributed by atoms with Gasteiger partial charge >= 0.3 is 0 Å². The van der Waals surface area contributed by atoms with E-state index in [-0.39, 0.29) is 0 Å². The lowest BCUT2D eigenvalue weighted by Gasteiger charge is -2.42. The van der Waals surface area contributed by atoms with Crippen molar-refractivity contribution in [1.82, 2.24) is 0 Å². The van der Waals surface area contributed by atoms with Crippen LogP contribution < -0.4 is 14.5 Å². The zero-order chi connectivity index (χ0) is 34.7. The van der Waals surface area contributed by atoms with Crippen molar-refractivity contribution in [2.24, 2.45) is 0 Å². The molecule has 1 aliphatic rings. The summed E-state index contributed by atoms with van der Waals surface area (Å²) in [5, 5.41) is 0. The van der Waals surface area contributed by atoms with E-state index < -0.39 is 5.60 Å². The van der Waals surface area contributed by atoms with E-state index in [4.69, 9.17) is 4.74 Å². The van der Waals surface area contributed by atoms with Crippen LogP contribution in [0.15, 0.2) is 218 Å². The van der Waals surface area contributed by atoms with Crippen molar-refractivity contribution >= 4 is 34.1 Å². The molecule has 0 spiro atoms. The molecule has 248 valence electrons. The molecule has 0 bridgehead atoms. The molecule has 1 unspecified atom stereocenters. The van der Waals surface area contributed by atoms with E-state index in [1.165, 1.54) is 0 Å². The van der Waals surface area contributed by atoms with Gasteiger partial charge < -0.3 is 14.5 Å². The highest BCUT2D eigenvalue weighted by Gasteiger charge is 2.44. The number of ether oxygens (including phenoxy) is 1. The largest absolute Gasteiger partial charge is 0.472 e. The van der Waals surface area contributed by atoms with Crippen LogP contribution in [0.3, 0.4) is 0 Å². The predicted molar refractivity (Wildman–Crippen MR) is 215 cm³/mol. The first kappa shape index (κ1) is 31.2. The minimum atomic E-state index is -0.906. The maximum atomic E-state index is 7.51. The number of anilines is 6. The molecular formula is C49H36N2O. The monoisotopic (exact) mass is 668 g/mol. The van der Waals surface area contributed by atoms with Gasteiger partial charge in [-0.25, -0.2) is 0 Å². The molecule has 8 aromatic carbocycles. The van der Waals surface area contributed by atoms with E-state index in [2.05, 4.69) is 228 Å². The Labute approximate surface area is 305 Å². The fraction of sp³-hybridized carbons (Fsp3) is 0.0204. The van der Waals surface area contributed by atoms with Crippen LogP contribution in [0.25, 0.3) is 11.1 Å². The zero-order valence-corrected chi connectivity index (χ0v) is 28.6. The van der Waals surface area contributed by atoms with Crippen LogP contribution in [-0.2, 0) is 5.60 Å². The number of benzene rings is 8. The Morgan fingerprint density at radius 2 is 0.692 bits per heavy atom. The minimum absolute atomic E-state index is 0.830. The van der Waals surface area contributed by atoms with Crippen molar-refractivity contribution in [2.75, 3.05) is 9.80 Å². The first-order valence-electron chi connectivity index (χ1n) is 17.7. The van der Waals surface area contributed by atoms with Gasteiger partial charge in [0, 0.05) is 62.4 Å². The van der Waals surface area contributed by atoms with Gasteiger partial charge in [-0.3, -0.25) is 0 Å². The number of hydrogen-bond acceptors (Lipinski definition) is 3. The molecule has 0 aromatic heterocycles. The number of hydrogen-bond donors (Lipinski definition) is 0. The normalized spacial score (nSPS) is 14.4. The van der Waals surface area contributed by atoms with E-state index in [0.29, 0.717) is 0 Å².